The van der Waals surface area contributed by atoms with Gasteiger partial charge in [0.15, 0.2) is 0 Å². The van der Waals surface area contributed by atoms with E-state index in [0.29, 0.717) is 11.7 Å². The van der Waals surface area contributed by atoms with Crippen LogP contribution in [0, 0.1) is 11.3 Å². The van der Waals surface area contributed by atoms with Crippen LogP contribution in [0.3, 0.4) is 0 Å². The van der Waals surface area contributed by atoms with Gasteiger partial charge in [-0.15, -0.1) is 0 Å². The summed E-state index contributed by atoms with van der Waals surface area (Å²) in [6.45, 7) is 4.29. The molecule has 1 heteroatoms. The molecule has 0 aromatic heterocycles. The average Bonchev–Trinajstić information content (AvgIpc) is 2.39. The van der Waals surface area contributed by atoms with E-state index in [4.69, 9.17) is 0 Å². The lowest BCUT2D eigenvalue weighted by Crippen LogP contribution is -2.24. The highest BCUT2D eigenvalue weighted by molar-refractivity contribution is 5.88. The van der Waals surface area contributed by atoms with Crippen LogP contribution in [0.5, 0.6) is 0 Å². The molecule has 2 rings (SSSR count). The summed E-state index contributed by atoms with van der Waals surface area (Å²) >= 11 is 0. The predicted octanol–water partition coefficient (Wildman–Crippen LogP) is 2.32. The number of allylic oxidation sites excluding steroid dienone is 2. The number of fused-ring (bicyclic) bond motifs is 1. The molecule has 1 nitrogen and oxygen atoms in total. The van der Waals surface area contributed by atoms with Crippen LogP contribution < -0.4 is 0 Å². The molecular formula is C10H14O. The van der Waals surface area contributed by atoms with Crippen LogP contribution in [0.15, 0.2) is 11.6 Å². The van der Waals surface area contributed by atoms with Gasteiger partial charge in [0.2, 0.25) is 0 Å². The van der Waals surface area contributed by atoms with Crippen LogP contribution in [0.25, 0.3) is 0 Å². The highest BCUT2D eigenvalue weighted by atomic mass is 16.1. The molecule has 0 aromatic rings. The van der Waals surface area contributed by atoms with Gasteiger partial charge < -0.3 is 0 Å². The molecule has 0 unspecified atom stereocenters. The van der Waals surface area contributed by atoms with E-state index in [1.54, 1.807) is 0 Å². The highest BCUT2D eigenvalue weighted by Crippen LogP contribution is 2.51. The molecule has 0 heterocycles. The second-order valence-corrected chi connectivity index (χ2v) is 4.08. The Labute approximate surface area is 67.5 Å². The Morgan fingerprint density at radius 3 is 3.00 bits per heavy atom. The predicted molar refractivity (Wildman–Crippen MR) is 44.2 cm³/mol. The Morgan fingerprint density at radius 1 is 1.64 bits per heavy atom. The van der Waals surface area contributed by atoms with Crippen LogP contribution in [0.4, 0.5) is 0 Å². The standard InChI is InChI=1S/C10H14O/c1-7-5-6-10(2)8(7)3-4-9(10)11/h5,8H,3-4,6H2,1-2H3/t8-,10+/m0/s1. The van der Waals surface area contributed by atoms with E-state index in [-0.39, 0.29) is 5.41 Å². The molecule has 0 aliphatic heterocycles. The lowest BCUT2D eigenvalue weighted by molar-refractivity contribution is -0.125. The van der Waals surface area contributed by atoms with Gasteiger partial charge in [0.25, 0.3) is 0 Å². The number of carbonyl (C=O) groups is 1. The number of Topliss-reactive ketones (excluding diaryl/α,β-unsaturated/α-hetero) is 1. The summed E-state index contributed by atoms with van der Waals surface area (Å²) in [7, 11) is 0. The van der Waals surface area contributed by atoms with Gasteiger partial charge in [0.1, 0.15) is 5.78 Å². The Morgan fingerprint density at radius 2 is 2.36 bits per heavy atom. The molecular weight excluding hydrogens is 136 g/mol. The SMILES string of the molecule is CC1=CC[C@@]2(C)C(=O)CC[C@@H]12. The summed E-state index contributed by atoms with van der Waals surface area (Å²) in [5, 5.41) is 0. The molecule has 2 aliphatic rings. The summed E-state index contributed by atoms with van der Waals surface area (Å²) in [5.41, 5.74) is 1.45. The topological polar surface area (TPSA) is 17.1 Å². The smallest absolute Gasteiger partial charge is 0.139 e. The van der Waals surface area contributed by atoms with Crippen molar-refractivity contribution in [3.8, 4) is 0 Å². The van der Waals surface area contributed by atoms with Crippen LogP contribution in [0.2, 0.25) is 0 Å². The third kappa shape index (κ3) is 0.741. The van der Waals surface area contributed by atoms with E-state index in [1.807, 2.05) is 0 Å². The van der Waals surface area contributed by atoms with Crippen molar-refractivity contribution in [3.05, 3.63) is 11.6 Å². The molecule has 0 bridgehead atoms. The second kappa shape index (κ2) is 1.96. The number of hydrogen-bond donors (Lipinski definition) is 0. The molecule has 0 spiro atoms. The maximum atomic E-state index is 11.5. The second-order valence-electron chi connectivity index (χ2n) is 4.08. The minimum Gasteiger partial charge on any atom is -0.299 e. The van der Waals surface area contributed by atoms with E-state index in [1.165, 1.54) is 5.57 Å². The van der Waals surface area contributed by atoms with E-state index in [2.05, 4.69) is 19.9 Å². The fourth-order valence-electron chi connectivity index (χ4n) is 2.58. The van der Waals surface area contributed by atoms with E-state index in [0.717, 1.165) is 19.3 Å². The number of hydrogen-bond acceptors (Lipinski definition) is 1. The number of rotatable bonds is 0. The zero-order valence-corrected chi connectivity index (χ0v) is 7.18. The van der Waals surface area contributed by atoms with Crippen LogP contribution >= 0.6 is 0 Å². The lowest BCUT2D eigenvalue weighted by atomic mass is 9.79. The third-order valence-corrected chi connectivity index (χ3v) is 3.46. The molecule has 1 fully saturated rings. The Hall–Kier alpha value is -0.590. The Kier molecular flexibility index (Phi) is 1.26. The minimum atomic E-state index is 0.00405. The first-order chi connectivity index (χ1) is 5.14. The van der Waals surface area contributed by atoms with Crippen molar-refractivity contribution in [1.29, 1.82) is 0 Å². The maximum absolute atomic E-state index is 11.5. The third-order valence-electron chi connectivity index (χ3n) is 3.46. The van der Waals surface area contributed by atoms with E-state index >= 15 is 0 Å². The fraction of sp³-hybridized carbons (Fsp3) is 0.700. The van der Waals surface area contributed by atoms with Crippen molar-refractivity contribution in [1.82, 2.24) is 0 Å². The van der Waals surface area contributed by atoms with Gasteiger partial charge in [-0.05, 0) is 25.7 Å². The largest absolute Gasteiger partial charge is 0.299 e. The van der Waals surface area contributed by atoms with Crippen molar-refractivity contribution in [2.24, 2.45) is 11.3 Å². The molecule has 0 saturated heterocycles. The first-order valence-electron chi connectivity index (χ1n) is 4.34. The van der Waals surface area contributed by atoms with Gasteiger partial charge in [-0.25, -0.2) is 0 Å². The summed E-state index contributed by atoms with van der Waals surface area (Å²) < 4.78 is 0. The molecule has 2 atom stereocenters. The quantitative estimate of drug-likeness (QED) is 0.484. The van der Waals surface area contributed by atoms with Crippen molar-refractivity contribution < 1.29 is 4.79 Å². The van der Waals surface area contributed by atoms with Crippen LogP contribution in [-0.2, 0) is 4.79 Å². The first kappa shape index (κ1) is 7.08. The van der Waals surface area contributed by atoms with Crippen molar-refractivity contribution >= 4 is 5.78 Å². The number of carbonyl (C=O) groups excluding carboxylic acids is 1. The first-order valence-corrected chi connectivity index (χ1v) is 4.34. The van der Waals surface area contributed by atoms with Gasteiger partial charge in [-0.1, -0.05) is 18.6 Å². The molecule has 2 aliphatic carbocycles. The molecule has 0 radical (unpaired) electrons. The van der Waals surface area contributed by atoms with Gasteiger partial charge >= 0.3 is 0 Å². The minimum absolute atomic E-state index is 0.00405. The van der Waals surface area contributed by atoms with Crippen LogP contribution in [0.1, 0.15) is 33.1 Å². The fourth-order valence-corrected chi connectivity index (χ4v) is 2.58. The van der Waals surface area contributed by atoms with Gasteiger partial charge in [-0.3, -0.25) is 4.79 Å². The summed E-state index contributed by atoms with van der Waals surface area (Å²) in [5.74, 6) is 1.06. The lowest BCUT2D eigenvalue weighted by Gasteiger charge is -2.22. The normalized spacial score (nSPS) is 42.5. The van der Waals surface area contributed by atoms with E-state index < -0.39 is 0 Å². The highest BCUT2D eigenvalue weighted by Gasteiger charge is 2.48. The van der Waals surface area contributed by atoms with E-state index in [9.17, 15) is 4.79 Å². The van der Waals surface area contributed by atoms with Crippen molar-refractivity contribution in [3.63, 3.8) is 0 Å². The number of ketones is 1. The molecule has 60 valence electrons. The summed E-state index contributed by atoms with van der Waals surface area (Å²) in [6, 6.07) is 0. The molecule has 0 aromatic carbocycles. The Balaban J connectivity index is 2.36. The zero-order valence-electron chi connectivity index (χ0n) is 7.18. The van der Waals surface area contributed by atoms with Gasteiger partial charge in [0.05, 0.1) is 0 Å². The monoisotopic (exact) mass is 150 g/mol. The summed E-state index contributed by atoms with van der Waals surface area (Å²) in [6.07, 6.45) is 5.13. The van der Waals surface area contributed by atoms with Crippen molar-refractivity contribution in [2.75, 3.05) is 0 Å². The molecule has 11 heavy (non-hydrogen) atoms. The zero-order chi connectivity index (χ0) is 8.06. The van der Waals surface area contributed by atoms with Crippen molar-refractivity contribution in [2.45, 2.75) is 33.1 Å². The maximum Gasteiger partial charge on any atom is 0.139 e. The Bertz CT molecular complexity index is 239. The molecule has 0 N–H and O–H groups in total. The van der Waals surface area contributed by atoms with Gasteiger partial charge in [0, 0.05) is 11.8 Å². The van der Waals surface area contributed by atoms with Gasteiger partial charge in [-0.2, -0.15) is 0 Å². The average molecular weight is 150 g/mol. The summed E-state index contributed by atoms with van der Waals surface area (Å²) in [4.78, 5) is 11.5. The molecule has 1 saturated carbocycles. The van der Waals surface area contributed by atoms with Crippen LogP contribution in [-0.4, -0.2) is 5.78 Å². The molecule has 0 amide bonds.